The molecule has 0 unspecified atom stereocenters. The number of nitrogen functional groups attached to an aromatic ring is 1. The van der Waals surface area contributed by atoms with Crippen molar-refractivity contribution in [3.63, 3.8) is 0 Å². The second kappa shape index (κ2) is 5.01. The van der Waals surface area contributed by atoms with Gasteiger partial charge in [-0.1, -0.05) is 12.1 Å². The van der Waals surface area contributed by atoms with Crippen LogP contribution < -0.4 is 16.0 Å². The molecule has 1 fully saturated rings. The lowest BCUT2D eigenvalue weighted by molar-refractivity contribution is 0.598. The second-order valence-electron chi connectivity index (χ2n) is 5.09. The minimum absolute atomic E-state index is 0.499. The molecule has 1 aliphatic heterocycles. The highest BCUT2D eigenvalue weighted by Crippen LogP contribution is 2.22. The van der Waals surface area contributed by atoms with E-state index < -0.39 is 0 Å². The van der Waals surface area contributed by atoms with Crippen molar-refractivity contribution < 1.29 is 0 Å². The number of aromatic nitrogens is 2. The van der Waals surface area contributed by atoms with E-state index in [1.54, 1.807) is 0 Å². The molecular weight excluding hydrogens is 238 g/mol. The number of hydrogen-bond donors (Lipinski definition) is 2. The summed E-state index contributed by atoms with van der Waals surface area (Å²) < 4.78 is 0. The number of anilines is 2. The summed E-state index contributed by atoms with van der Waals surface area (Å²) in [5.41, 5.74) is 7.76. The zero-order valence-electron chi connectivity index (χ0n) is 11.1. The summed E-state index contributed by atoms with van der Waals surface area (Å²) >= 11 is 0. The lowest BCUT2D eigenvalue weighted by Crippen LogP contribution is -2.36. The van der Waals surface area contributed by atoms with Crippen LogP contribution in [0.1, 0.15) is 12.8 Å². The Morgan fingerprint density at radius 2 is 2.05 bits per heavy atom. The Kier molecular flexibility index (Phi) is 3.21. The van der Waals surface area contributed by atoms with E-state index in [2.05, 4.69) is 20.2 Å². The minimum atomic E-state index is 0.499. The van der Waals surface area contributed by atoms with Gasteiger partial charge in [0, 0.05) is 19.6 Å². The average molecular weight is 257 g/mol. The number of likely N-dealkylation sites (N-methyl/N-ethyl adjacent to an activating group) is 1. The third kappa shape index (κ3) is 2.46. The Morgan fingerprint density at radius 1 is 1.32 bits per heavy atom. The van der Waals surface area contributed by atoms with Crippen LogP contribution in [0, 0.1) is 0 Å². The zero-order chi connectivity index (χ0) is 13.2. The first-order valence-corrected chi connectivity index (χ1v) is 6.71. The van der Waals surface area contributed by atoms with Gasteiger partial charge in [0.15, 0.2) is 11.6 Å². The molecule has 0 amide bonds. The Labute approximate surface area is 112 Å². The van der Waals surface area contributed by atoms with E-state index in [1.807, 2.05) is 31.3 Å². The van der Waals surface area contributed by atoms with Gasteiger partial charge in [-0.25, -0.2) is 9.97 Å². The van der Waals surface area contributed by atoms with Crippen molar-refractivity contribution in [1.82, 2.24) is 15.3 Å². The van der Waals surface area contributed by atoms with Gasteiger partial charge >= 0.3 is 0 Å². The Morgan fingerprint density at radius 3 is 2.74 bits per heavy atom. The van der Waals surface area contributed by atoms with Crippen LogP contribution in [0.5, 0.6) is 0 Å². The van der Waals surface area contributed by atoms with E-state index in [9.17, 15) is 0 Å². The molecule has 100 valence electrons. The summed E-state index contributed by atoms with van der Waals surface area (Å²) in [5.74, 6) is 1.27. The summed E-state index contributed by atoms with van der Waals surface area (Å²) in [5, 5.41) is 3.48. The van der Waals surface area contributed by atoms with Crippen LogP contribution in [0.15, 0.2) is 24.3 Å². The largest absolute Gasteiger partial charge is 0.381 e. The molecule has 2 aromatic rings. The summed E-state index contributed by atoms with van der Waals surface area (Å²) in [6, 6.07) is 8.34. The molecule has 1 aromatic heterocycles. The highest BCUT2D eigenvalue weighted by atomic mass is 15.2. The number of hydrogen-bond acceptors (Lipinski definition) is 5. The van der Waals surface area contributed by atoms with Crippen molar-refractivity contribution in [1.29, 1.82) is 0 Å². The van der Waals surface area contributed by atoms with Crippen LogP contribution in [0.2, 0.25) is 0 Å². The molecular formula is C14H19N5. The Balaban J connectivity index is 1.88. The van der Waals surface area contributed by atoms with Gasteiger partial charge in [-0.15, -0.1) is 0 Å². The predicted octanol–water partition coefficient (Wildman–Crippen LogP) is 1.40. The number of nitrogens with one attached hydrogen (secondary N) is 1. The molecule has 5 nitrogen and oxygen atoms in total. The highest BCUT2D eigenvalue weighted by molar-refractivity contribution is 5.79. The van der Waals surface area contributed by atoms with Crippen molar-refractivity contribution >= 4 is 22.7 Å². The first-order valence-electron chi connectivity index (χ1n) is 6.71. The SMILES string of the molecule is CN(C[C@H]1CCCN1)c1nc2ccccc2nc1N. The maximum absolute atomic E-state index is 6.03. The first-order chi connectivity index (χ1) is 9.24. The summed E-state index contributed by atoms with van der Waals surface area (Å²) in [6.45, 7) is 2.02. The molecule has 0 spiro atoms. The fourth-order valence-corrected chi connectivity index (χ4v) is 2.61. The van der Waals surface area contributed by atoms with Gasteiger partial charge in [0.1, 0.15) is 0 Å². The molecule has 1 aromatic carbocycles. The lowest BCUT2D eigenvalue weighted by atomic mass is 10.2. The van der Waals surface area contributed by atoms with E-state index in [0.717, 1.165) is 29.9 Å². The minimum Gasteiger partial charge on any atom is -0.381 e. The van der Waals surface area contributed by atoms with Crippen molar-refractivity contribution in [3.05, 3.63) is 24.3 Å². The molecule has 0 aliphatic carbocycles. The lowest BCUT2D eigenvalue weighted by Gasteiger charge is -2.23. The summed E-state index contributed by atoms with van der Waals surface area (Å²) in [4.78, 5) is 11.1. The first kappa shape index (κ1) is 12.2. The van der Waals surface area contributed by atoms with Gasteiger partial charge in [-0.05, 0) is 31.5 Å². The van der Waals surface area contributed by atoms with Crippen molar-refractivity contribution in [2.45, 2.75) is 18.9 Å². The predicted molar refractivity (Wildman–Crippen MR) is 78.2 cm³/mol. The maximum atomic E-state index is 6.03. The highest BCUT2D eigenvalue weighted by Gasteiger charge is 2.18. The van der Waals surface area contributed by atoms with Gasteiger partial charge < -0.3 is 16.0 Å². The number of nitrogens with two attached hydrogens (primary N) is 1. The molecule has 1 saturated heterocycles. The van der Waals surface area contributed by atoms with Gasteiger partial charge in [-0.3, -0.25) is 0 Å². The van der Waals surface area contributed by atoms with E-state index in [4.69, 9.17) is 5.73 Å². The van der Waals surface area contributed by atoms with Gasteiger partial charge in [0.05, 0.1) is 11.0 Å². The zero-order valence-corrected chi connectivity index (χ0v) is 11.1. The van der Waals surface area contributed by atoms with Crippen LogP contribution in [0.25, 0.3) is 11.0 Å². The number of nitrogens with zero attached hydrogens (tertiary/aromatic N) is 3. The van der Waals surface area contributed by atoms with Gasteiger partial charge in [0.25, 0.3) is 0 Å². The molecule has 1 aliphatic rings. The molecule has 19 heavy (non-hydrogen) atoms. The number of benzene rings is 1. The molecule has 3 N–H and O–H groups in total. The van der Waals surface area contributed by atoms with Crippen LogP contribution in [-0.2, 0) is 0 Å². The van der Waals surface area contributed by atoms with Crippen LogP contribution >= 0.6 is 0 Å². The smallest absolute Gasteiger partial charge is 0.171 e. The van der Waals surface area contributed by atoms with Crippen molar-refractivity contribution in [2.24, 2.45) is 0 Å². The Hall–Kier alpha value is -1.88. The topological polar surface area (TPSA) is 67.1 Å². The van der Waals surface area contributed by atoms with E-state index in [0.29, 0.717) is 11.9 Å². The third-order valence-electron chi connectivity index (χ3n) is 3.60. The fraction of sp³-hybridized carbons (Fsp3) is 0.429. The van der Waals surface area contributed by atoms with Crippen LogP contribution in [0.4, 0.5) is 11.6 Å². The van der Waals surface area contributed by atoms with E-state index in [-0.39, 0.29) is 0 Å². The Bertz CT molecular complexity index is 577. The van der Waals surface area contributed by atoms with Crippen LogP contribution in [0.3, 0.4) is 0 Å². The van der Waals surface area contributed by atoms with Gasteiger partial charge in [0.2, 0.25) is 0 Å². The third-order valence-corrected chi connectivity index (χ3v) is 3.60. The van der Waals surface area contributed by atoms with Crippen molar-refractivity contribution in [3.8, 4) is 0 Å². The molecule has 5 heteroatoms. The maximum Gasteiger partial charge on any atom is 0.171 e. The van der Waals surface area contributed by atoms with Gasteiger partial charge in [-0.2, -0.15) is 0 Å². The summed E-state index contributed by atoms with van der Waals surface area (Å²) in [7, 11) is 2.02. The van der Waals surface area contributed by atoms with Crippen LogP contribution in [-0.4, -0.2) is 36.1 Å². The molecule has 0 radical (unpaired) electrons. The fourth-order valence-electron chi connectivity index (χ4n) is 2.61. The molecule has 2 heterocycles. The summed E-state index contributed by atoms with van der Waals surface area (Å²) in [6.07, 6.45) is 2.46. The molecule has 3 rings (SSSR count). The second-order valence-corrected chi connectivity index (χ2v) is 5.09. The number of fused-ring (bicyclic) bond motifs is 1. The molecule has 0 saturated carbocycles. The molecule has 1 atom stereocenters. The number of rotatable bonds is 3. The van der Waals surface area contributed by atoms with Crippen molar-refractivity contribution in [2.75, 3.05) is 30.8 Å². The molecule has 0 bridgehead atoms. The monoisotopic (exact) mass is 257 g/mol. The standard InChI is InChI=1S/C14H19N5/c1-19(9-10-5-4-8-16-10)14-13(15)17-11-6-2-3-7-12(11)18-14/h2-3,6-7,10,16H,4-5,8-9H2,1H3,(H2,15,17)/t10-/m1/s1. The van der Waals surface area contributed by atoms with E-state index in [1.165, 1.54) is 12.8 Å². The normalized spacial score (nSPS) is 18.9. The average Bonchev–Trinajstić information content (AvgIpc) is 2.90. The van der Waals surface area contributed by atoms with E-state index >= 15 is 0 Å². The number of para-hydroxylation sites is 2. The quantitative estimate of drug-likeness (QED) is 0.870.